The van der Waals surface area contributed by atoms with Crippen molar-refractivity contribution in [2.45, 2.75) is 33.1 Å². The van der Waals surface area contributed by atoms with Crippen molar-refractivity contribution in [3.05, 3.63) is 17.8 Å². The van der Waals surface area contributed by atoms with Gasteiger partial charge in [0.15, 0.2) is 11.5 Å². The van der Waals surface area contributed by atoms with Gasteiger partial charge in [0.25, 0.3) is 5.91 Å². The average Bonchev–Trinajstić information content (AvgIpc) is 2.51. The molecule has 22 heavy (non-hydrogen) atoms. The molecule has 0 atom stereocenters. The van der Waals surface area contributed by atoms with E-state index < -0.39 is 0 Å². The quantitative estimate of drug-likeness (QED) is 0.668. The van der Waals surface area contributed by atoms with Crippen LogP contribution >= 0.6 is 0 Å². The predicted molar refractivity (Wildman–Crippen MR) is 90.3 cm³/mol. The fraction of sp³-hybridized carbons (Fsp3) is 0.688. The summed E-state index contributed by atoms with van der Waals surface area (Å²) in [4.78, 5) is 16.3. The van der Waals surface area contributed by atoms with Crippen molar-refractivity contribution in [1.82, 2.24) is 20.4 Å². The lowest BCUT2D eigenvalue weighted by Gasteiger charge is -2.21. The minimum Gasteiger partial charge on any atom is -0.355 e. The van der Waals surface area contributed by atoms with Gasteiger partial charge in [-0.1, -0.05) is 13.8 Å². The summed E-state index contributed by atoms with van der Waals surface area (Å²) in [7, 11) is 4.04. The van der Waals surface area contributed by atoms with Crippen LogP contribution in [0.25, 0.3) is 0 Å². The molecule has 0 aromatic carbocycles. The highest BCUT2D eigenvalue weighted by Gasteiger charge is 2.10. The molecule has 0 radical (unpaired) electrons. The molecule has 6 nitrogen and oxygen atoms in total. The molecule has 0 fully saturated rings. The smallest absolute Gasteiger partial charge is 0.271 e. The van der Waals surface area contributed by atoms with Gasteiger partial charge in [0.1, 0.15) is 0 Å². The van der Waals surface area contributed by atoms with Crippen LogP contribution in [-0.2, 0) is 0 Å². The van der Waals surface area contributed by atoms with Gasteiger partial charge in [-0.05, 0) is 52.0 Å². The molecule has 0 saturated carbocycles. The zero-order chi connectivity index (χ0) is 16.4. The highest BCUT2D eigenvalue weighted by atomic mass is 16.1. The van der Waals surface area contributed by atoms with E-state index in [-0.39, 0.29) is 5.91 Å². The van der Waals surface area contributed by atoms with Gasteiger partial charge in [-0.25, -0.2) is 0 Å². The molecule has 1 rings (SSSR count). The Morgan fingerprint density at radius 2 is 1.77 bits per heavy atom. The number of amides is 1. The SMILES string of the molecule is CCCN(CCC)c1ccc(C(=O)NCCCN(C)C)nn1. The third-order valence-electron chi connectivity index (χ3n) is 3.26. The van der Waals surface area contributed by atoms with Gasteiger partial charge in [-0.3, -0.25) is 4.79 Å². The number of carbonyl (C=O) groups is 1. The van der Waals surface area contributed by atoms with E-state index in [4.69, 9.17) is 0 Å². The molecule has 0 spiro atoms. The first-order valence-electron chi connectivity index (χ1n) is 8.10. The minimum atomic E-state index is -0.157. The van der Waals surface area contributed by atoms with Gasteiger partial charge in [-0.15, -0.1) is 10.2 Å². The van der Waals surface area contributed by atoms with E-state index in [2.05, 4.69) is 39.2 Å². The van der Waals surface area contributed by atoms with Crippen LogP contribution < -0.4 is 10.2 Å². The summed E-state index contributed by atoms with van der Waals surface area (Å²) in [6, 6.07) is 3.63. The third kappa shape index (κ3) is 6.39. The van der Waals surface area contributed by atoms with Gasteiger partial charge in [0.05, 0.1) is 0 Å². The van der Waals surface area contributed by atoms with Gasteiger partial charge >= 0.3 is 0 Å². The number of rotatable bonds is 10. The molecule has 1 N–H and O–H groups in total. The zero-order valence-electron chi connectivity index (χ0n) is 14.3. The zero-order valence-corrected chi connectivity index (χ0v) is 14.3. The Hall–Kier alpha value is -1.69. The highest BCUT2D eigenvalue weighted by Crippen LogP contribution is 2.10. The third-order valence-corrected chi connectivity index (χ3v) is 3.26. The molecule has 0 bridgehead atoms. The van der Waals surface area contributed by atoms with Crippen LogP contribution in [0.2, 0.25) is 0 Å². The standard InChI is InChI=1S/C16H29N5O/c1-5-11-21(12-6-2)15-9-8-14(18-19-15)16(22)17-10-7-13-20(3)4/h8-9H,5-7,10-13H2,1-4H3,(H,17,22). The number of nitrogens with zero attached hydrogens (tertiary/aromatic N) is 4. The van der Waals surface area contributed by atoms with Crippen molar-refractivity contribution in [2.75, 3.05) is 45.2 Å². The van der Waals surface area contributed by atoms with Crippen molar-refractivity contribution in [3.8, 4) is 0 Å². The van der Waals surface area contributed by atoms with E-state index in [9.17, 15) is 4.79 Å². The van der Waals surface area contributed by atoms with E-state index in [0.717, 1.165) is 44.7 Å². The van der Waals surface area contributed by atoms with E-state index in [1.54, 1.807) is 6.07 Å². The molecule has 1 amide bonds. The maximum Gasteiger partial charge on any atom is 0.271 e. The second-order valence-electron chi connectivity index (χ2n) is 5.68. The topological polar surface area (TPSA) is 61.4 Å². The van der Waals surface area contributed by atoms with Gasteiger partial charge in [0.2, 0.25) is 0 Å². The van der Waals surface area contributed by atoms with Crippen LogP contribution in [0.3, 0.4) is 0 Å². The van der Waals surface area contributed by atoms with Gasteiger partial charge < -0.3 is 15.1 Å². The van der Waals surface area contributed by atoms with Gasteiger partial charge in [-0.2, -0.15) is 0 Å². The molecule has 0 saturated heterocycles. The summed E-state index contributed by atoms with van der Waals surface area (Å²) in [6.07, 6.45) is 3.05. The predicted octanol–water partition coefficient (Wildman–Crippen LogP) is 1.78. The van der Waals surface area contributed by atoms with Gasteiger partial charge in [0, 0.05) is 19.6 Å². The molecule has 124 valence electrons. The Morgan fingerprint density at radius 3 is 2.27 bits per heavy atom. The number of hydrogen-bond acceptors (Lipinski definition) is 5. The Morgan fingerprint density at radius 1 is 1.09 bits per heavy atom. The summed E-state index contributed by atoms with van der Waals surface area (Å²) >= 11 is 0. The molecule has 6 heteroatoms. The van der Waals surface area contributed by atoms with Crippen molar-refractivity contribution in [1.29, 1.82) is 0 Å². The van der Waals surface area contributed by atoms with Crippen molar-refractivity contribution in [3.63, 3.8) is 0 Å². The Labute approximate surface area is 133 Å². The molecular weight excluding hydrogens is 278 g/mol. The Kier molecular flexibility index (Phi) is 8.43. The normalized spacial score (nSPS) is 10.8. The van der Waals surface area contributed by atoms with Crippen LogP contribution in [0.4, 0.5) is 5.82 Å². The maximum atomic E-state index is 12.0. The van der Waals surface area contributed by atoms with E-state index in [1.165, 1.54) is 0 Å². The van der Waals surface area contributed by atoms with Crippen LogP contribution in [0, 0.1) is 0 Å². The summed E-state index contributed by atoms with van der Waals surface area (Å²) < 4.78 is 0. The first-order valence-corrected chi connectivity index (χ1v) is 8.10. The lowest BCUT2D eigenvalue weighted by Crippen LogP contribution is -2.29. The minimum absolute atomic E-state index is 0.157. The second kappa shape index (κ2) is 10.1. The Balaban J connectivity index is 2.53. The maximum absolute atomic E-state index is 12.0. The molecule has 0 unspecified atom stereocenters. The number of carbonyl (C=O) groups excluding carboxylic acids is 1. The summed E-state index contributed by atoms with van der Waals surface area (Å²) in [5.74, 6) is 0.684. The highest BCUT2D eigenvalue weighted by molar-refractivity contribution is 5.92. The van der Waals surface area contributed by atoms with Crippen LogP contribution in [0.1, 0.15) is 43.6 Å². The molecular formula is C16H29N5O. The molecule has 0 aliphatic carbocycles. The van der Waals surface area contributed by atoms with Crippen molar-refractivity contribution < 1.29 is 4.79 Å². The molecule has 1 heterocycles. The lowest BCUT2D eigenvalue weighted by atomic mass is 10.3. The fourth-order valence-corrected chi connectivity index (χ4v) is 2.18. The molecule has 1 aromatic rings. The van der Waals surface area contributed by atoms with Crippen molar-refractivity contribution >= 4 is 11.7 Å². The number of aromatic nitrogens is 2. The number of anilines is 1. The summed E-state index contributed by atoms with van der Waals surface area (Å²) in [6.45, 7) is 7.81. The fourth-order valence-electron chi connectivity index (χ4n) is 2.18. The van der Waals surface area contributed by atoms with E-state index in [1.807, 2.05) is 20.2 Å². The van der Waals surface area contributed by atoms with E-state index in [0.29, 0.717) is 12.2 Å². The Bertz CT molecular complexity index is 427. The first kappa shape index (κ1) is 18.4. The lowest BCUT2D eigenvalue weighted by molar-refractivity contribution is 0.0946. The molecule has 0 aliphatic heterocycles. The van der Waals surface area contributed by atoms with Crippen LogP contribution in [0.5, 0.6) is 0 Å². The van der Waals surface area contributed by atoms with Crippen LogP contribution in [0.15, 0.2) is 12.1 Å². The first-order chi connectivity index (χ1) is 10.6. The monoisotopic (exact) mass is 307 g/mol. The summed E-state index contributed by atoms with van der Waals surface area (Å²) in [5, 5.41) is 11.1. The van der Waals surface area contributed by atoms with Crippen LogP contribution in [-0.4, -0.2) is 61.3 Å². The van der Waals surface area contributed by atoms with Crippen molar-refractivity contribution in [2.24, 2.45) is 0 Å². The second-order valence-corrected chi connectivity index (χ2v) is 5.68. The molecule has 1 aromatic heterocycles. The molecule has 0 aliphatic rings. The number of nitrogens with one attached hydrogen (secondary N) is 1. The number of hydrogen-bond donors (Lipinski definition) is 1. The average molecular weight is 307 g/mol. The van der Waals surface area contributed by atoms with E-state index >= 15 is 0 Å². The largest absolute Gasteiger partial charge is 0.355 e. The summed E-state index contributed by atoms with van der Waals surface area (Å²) in [5.41, 5.74) is 0.376.